The zero-order valence-electron chi connectivity index (χ0n) is 8.63. The molecule has 0 aliphatic carbocycles. The summed E-state index contributed by atoms with van der Waals surface area (Å²) in [6.07, 6.45) is 1.04. The van der Waals surface area contributed by atoms with Crippen molar-refractivity contribution in [3.05, 3.63) is 34.9 Å². The third-order valence-corrected chi connectivity index (χ3v) is 2.50. The highest BCUT2D eigenvalue weighted by Gasteiger charge is 2.18. The van der Waals surface area contributed by atoms with Crippen LogP contribution in [0.5, 0.6) is 0 Å². The third kappa shape index (κ3) is 1.65. The first kappa shape index (κ1) is 9.25. The molecule has 0 unspecified atom stereocenters. The summed E-state index contributed by atoms with van der Waals surface area (Å²) in [5.74, 6) is 0.711. The van der Waals surface area contributed by atoms with Crippen LogP contribution in [0.15, 0.2) is 18.2 Å². The lowest BCUT2D eigenvalue weighted by Gasteiger charge is -2.05. The van der Waals surface area contributed by atoms with Gasteiger partial charge in [-0.25, -0.2) is 0 Å². The number of benzene rings is 1. The molecular weight excluding hydrogens is 174 g/mol. The molecule has 0 atom stereocenters. The molecule has 0 saturated carbocycles. The van der Waals surface area contributed by atoms with Crippen LogP contribution in [0.1, 0.15) is 35.3 Å². The normalized spacial score (nSPS) is 14.4. The van der Waals surface area contributed by atoms with Crippen molar-refractivity contribution in [2.75, 3.05) is 0 Å². The van der Waals surface area contributed by atoms with Gasteiger partial charge in [-0.05, 0) is 29.5 Å². The first-order valence-corrected chi connectivity index (χ1v) is 5.07. The summed E-state index contributed by atoms with van der Waals surface area (Å²) in [6, 6.07) is 6.21. The minimum atomic E-state index is 0.0746. The Balaban J connectivity index is 2.30. The maximum Gasteiger partial charge on any atom is 0.251 e. The molecule has 2 heteroatoms. The lowest BCUT2D eigenvalue weighted by atomic mass is 9.99. The molecule has 1 aliphatic heterocycles. The second kappa shape index (κ2) is 3.45. The fourth-order valence-corrected chi connectivity index (χ4v) is 1.86. The van der Waals surface area contributed by atoms with Gasteiger partial charge in [0, 0.05) is 12.1 Å². The van der Waals surface area contributed by atoms with E-state index in [9.17, 15) is 4.79 Å². The molecular formula is C12H15NO. The van der Waals surface area contributed by atoms with Gasteiger partial charge in [0.25, 0.3) is 5.91 Å². The molecule has 1 aromatic rings. The number of carbonyl (C=O) groups is 1. The van der Waals surface area contributed by atoms with Gasteiger partial charge in [0.05, 0.1) is 0 Å². The molecule has 0 radical (unpaired) electrons. The van der Waals surface area contributed by atoms with Crippen LogP contribution in [0.2, 0.25) is 0 Å². The van der Waals surface area contributed by atoms with Crippen LogP contribution in [0, 0.1) is 5.92 Å². The molecule has 0 saturated heterocycles. The van der Waals surface area contributed by atoms with Gasteiger partial charge in [0.1, 0.15) is 0 Å². The smallest absolute Gasteiger partial charge is 0.251 e. The van der Waals surface area contributed by atoms with Crippen LogP contribution in [0.3, 0.4) is 0 Å². The van der Waals surface area contributed by atoms with Gasteiger partial charge in [-0.2, -0.15) is 0 Å². The van der Waals surface area contributed by atoms with Gasteiger partial charge in [0.15, 0.2) is 0 Å². The van der Waals surface area contributed by atoms with Crippen molar-refractivity contribution >= 4 is 5.91 Å². The number of rotatable bonds is 2. The van der Waals surface area contributed by atoms with E-state index >= 15 is 0 Å². The summed E-state index contributed by atoms with van der Waals surface area (Å²) < 4.78 is 0. The Kier molecular flexibility index (Phi) is 2.28. The summed E-state index contributed by atoms with van der Waals surface area (Å²) in [4.78, 5) is 11.4. The van der Waals surface area contributed by atoms with E-state index < -0.39 is 0 Å². The molecule has 74 valence electrons. The van der Waals surface area contributed by atoms with Crippen molar-refractivity contribution < 1.29 is 4.79 Å². The Bertz CT molecular complexity index is 369. The number of nitrogens with one attached hydrogen (secondary N) is 1. The minimum absolute atomic E-state index is 0.0746. The molecule has 1 aromatic carbocycles. The second-order valence-corrected chi connectivity index (χ2v) is 4.27. The number of amides is 1. The second-order valence-electron chi connectivity index (χ2n) is 4.27. The molecule has 0 bridgehead atoms. The average Bonchev–Trinajstić information content (AvgIpc) is 2.47. The van der Waals surface area contributed by atoms with Gasteiger partial charge in [-0.15, -0.1) is 0 Å². The average molecular weight is 189 g/mol. The fraction of sp³-hybridized carbons (Fsp3) is 0.417. The van der Waals surface area contributed by atoms with Crippen LogP contribution in [0.4, 0.5) is 0 Å². The lowest BCUT2D eigenvalue weighted by Crippen LogP contribution is -2.12. The molecule has 2 rings (SSSR count). The van der Waals surface area contributed by atoms with E-state index in [-0.39, 0.29) is 5.91 Å². The Morgan fingerprint density at radius 1 is 1.43 bits per heavy atom. The van der Waals surface area contributed by atoms with E-state index in [1.165, 1.54) is 5.56 Å². The quantitative estimate of drug-likeness (QED) is 0.758. The van der Waals surface area contributed by atoms with Crippen LogP contribution in [-0.2, 0) is 13.0 Å². The minimum Gasteiger partial charge on any atom is -0.348 e. The Morgan fingerprint density at radius 2 is 2.21 bits per heavy atom. The third-order valence-electron chi connectivity index (χ3n) is 2.50. The standard InChI is InChI=1S/C12H15NO/c1-8(2)5-9-3-4-10-7-13-12(14)11(10)6-9/h3-4,6,8H,5,7H2,1-2H3,(H,13,14). The fourth-order valence-electron chi connectivity index (χ4n) is 1.86. The van der Waals surface area contributed by atoms with Crippen LogP contribution in [0.25, 0.3) is 0 Å². The van der Waals surface area contributed by atoms with Gasteiger partial charge in [-0.1, -0.05) is 26.0 Å². The molecule has 0 fully saturated rings. The van der Waals surface area contributed by atoms with Gasteiger partial charge < -0.3 is 5.32 Å². The van der Waals surface area contributed by atoms with E-state index in [1.807, 2.05) is 6.07 Å². The van der Waals surface area contributed by atoms with E-state index in [4.69, 9.17) is 0 Å². The van der Waals surface area contributed by atoms with Crippen molar-refractivity contribution in [3.8, 4) is 0 Å². The van der Waals surface area contributed by atoms with E-state index in [1.54, 1.807) is 0 Å². The predicted molar refractivity (Wildman–Crippen MR) is 56.2 cm³/mol. The maximum absolute atomic E-state index is 11.4. The topological polar surface area (TPSA) is 29.1 Å². The van der Waals surface area contributed by atoms with Gasteiger partial charge in [-0.3, -0.25) is 4.79 Å². The highest BCUT2D eigenvalue weighted by Crippen LogP contribution is 2.18. The summed E-state index contributed by atoms with van der Waals surface area (Å²) in [5, 5.41) is 2.83. The zero-order valence-corrected chi connectivity index (χ0v) is 8.63. The summed E-state index contributed by atoms with van der Waals surface area (Å²) >= 11 is 0. The number of carbonyl (C=O) groups excluding carboxylic acids is 1. The lowest BCUT2D eigenvalue weighted by molar-refractivity contribution is 0.0965. The first-order chi connectivity index (χ1) is 6.66. The van der Waals surface area contributed by atoms with Crippen molar-refractivity contribution in [2.45, 2.75) is 26.8 Å². The first-order valence-electron chi connectivity index (χ1n) is 5.07. The number of hydrogen-bond donors (Lipinski definition) is 1. The highest BCUT2D eigenvalue weighted by molar-refractivity contribution is 5.98. The monoisotopic (exact) mass is 189 g/mol. The van der Waals surface area contributed by atoms with E-state index in [0.717, 1.165) is 17.5 Å². The summed E-state index contributed by atoms with van der Waals surface area (Å²) in [6.45, 7) is 5.07. The molecule has 1 aliphatic rings. The van der Waals surface area contributed by atoms with Crippen molar-refractivity contribution in [3.63, 3.8) is 0 Å². The largest absolute Gasteiger partial charge is 0.348 e. The Morgan fingerprint density at radius 3 is 2.93 bits per heavy atom. The summed E-state index contributed by atoms with van der Waals surface area (Å²) in [5.41, 5.74) is 3.25. The van der Waals surface area contributed by atoms with Crippen molar-refractivity contribution in [1.29, 1.82) is 0 Å². The molecule has 0 aromatic heterocycles. The van der Waals surface area contributed by atoms with E-state index in [0.29, 0.717) is 12.5 Å². The molecule has 2 nitrogen and oxygen atoms in total. The maximum atomic E-state index is 11.4. The highest BCUT2D eigenvalue weighted by atomic mass is 16.1. The van der Waals surface area contributed by atoms with Gasteiger partial charge >= 0.3 is 0 Å². The number of hydrogen-bond acceptors (Lipinski definition) is 1. The van der Waals surface area contributed by atoms with Crippen molar-refractivity contribution in [2.24, 2.45) is 5.92 Å². The van der Waals surface area contributed by atoms with Crippen LogP contribution in [-0.4, -0.2) is 5.91 Å². The Labute approximate surface area is 84.3 Å². The Hall–Kier alpha value is -1.31. The van der Waals surface area contributed by atoms with Crippen LogP contribution >= 0.6 is 0 Å². The molecule has 14 heavy (non-hydrogen) atoms. The van der Waals surface area contributed by atoms with Crippen molar-refractivity contribution in [1.82, 2.24) is 5.32 Å². The van der Waals surface area contributed by atoms with Gasteiger partial charge in [0.2, 0.25) is 0 Å². The molecule has 1 amide bonds. The summed E-state index contributed by atoms with van der Waals surface area (Å²) in [7, 11) is 0. The zero-order chi connectivity index (χ0) is 10.1. The molecule has 0 spiro atoms. The predicted octanol–water partition coefficient (Wildman–Crippen LogP) is 2.13. The molecule has 1 N–H and O–H groups in total. The van der Waals surface area contributed by atoms with E-state index in [2.05, 4.69) is 31.3 Å². The van der Waals surface area contributed by atoms with Crippen LogP contribution < -0.4 is 5.32 Å². The molecule has 1 heterocycles. The SMILES string of the molecule is CC(C)Cc1ccc2c(c1)C(=O)NC2. The number of fused-ring (bicyclic) bond motifs is 1.